The molecule has 29 heavy (non-hydrogen) atoms. The summed E-state index contributed by atoms with van der Waals surface area (Å²) >= 11 is 0. The average Bonchev–Trinajstić information content (AvgIpc) is 3.22. The minimum Gasteiger partial charge on any atom is -0.490 e. The van der Waals surface area contributed by atoms with Gasteiger partial charge in [-0.05, 0) is 41.5 Å². The van der Waals surface area contributed by atoms with Crippen molar-refractivity contribution in [1.29, 1.82) is 0 Å². The van der Waals surface area contributed by atoms with Crippen molar-refractivity contribution in [1.82, 2.24) is 5.32 Å². The van der Waals surface area contributed by atoms with E-state index >= 15 is 0 Å². The van der Waals surface area contributed by atoms with Crippen molar-refractivity contribution >= 4 is 18.0 Å². The van der Waals surface area contributed by atoms with Gasteiger partial charge in [0.1, 0.15) is 12.4 Å². The van der Waals surface area contributed by atoms with Crippen LogP contribution in [0, 0.1) is 0 Å². The highest BCUT2D eigenvalue weighted by atomic mass is 16.7. The van der Waals surface area contributed by atoms with E-state index in [1.54, 1.807) is 48.6 Å². The van der Waals surface area contributed by atoms with Crippen LogP contribution in [0.1, 0.15) is 11.1 Å². The molecule has 1 aliphatic rings. The Hall–Kier alpha value is -3.74. The van der Waals surface area contributed by atoms with E-state index in [0.29, 0.717) is 30.4 Å². The Morgan fingerprint density at radius 2 is 1.90 bits per heavy atom. The number of fused-ring (bicyclic) bond motifs is 1. The molecule has 2 aromatic rings. The van der Waals surface area contributed by atoms with E-state index in [0.717, 1.165) is 11.1 Å². The second kappa shape index (κ2) is 9.98. The standard InChI is InChI=1S/C22H21NO6/c1-2-11-26-18-7-3-16(4-8-18)6-10-22(25)27-14-21(24)23-13-17-5-9-19-20(12-17)29-15-28-19/h2-10,12H,1,11,13-15H2,(H,23,24)/b10-6+. The smallest absolute Gasteiger partial charge is 0.331 e. The molecule has 7 nitrogen and oxygen atoms in total. The Morgan fingerprint density at radius 3 is 2.69 bits per heavy atom. The molecule has 0 unspecified atom stereocenters. The zero-order valence-electron chi connectivity index (χ0n) is 15.8. The number of carbonyl (C=O) groups is 2. The molecule has 0 saturated carbocycles. The van der Waals surface area contributed by atoms with E-state index in [9.17, 15) is 9.59 Å². The van der Waals surface area contributed by atoms with Gasteiger partial charge in [0.05, 0.1) is 0 Å². The van der Waals surface area contributed by atoms with Crippen molar-refractivity contribution in [3.05, 3.63) is 72.3 Å². The molecule has 0 aromatic heterocycles. The SMILES string of the molecule is C=CCOc1ccc(/C=C/C(=O)OCC(=O)NCc2ccc3c(c2)OCO3)cc1. The second-order valence-electron chi connectivity index (χ2n) is 6.07. The van der Waals surface area contributed by atoms with Crippen LogP contribution < -0.4 is 19.5 Å². The number of ether oxygens (including phenoxy) is 4. The third-order valence-electron chi connectivity index (χ3n) is 3.93. The highest BCUT2D eigenvalue weighted by molar-refractivity contribution is 5.89. The highest BCUT2D eigenvalue weighted by Crippen LogP contribution is 2.32. The zero-order chi connectivity index (χ0) is 20.5. The molecule has 0 radical (unpaired) electrons. The third-order valence-corrected chi connectivity index (χ3v) is 3.93. The molecule has 3 rings (SSSR count). The van der Waals surface area contributed by atoms with E-state index in [1.807, 2.05) is 6.07 Å². The van der Waals surface area contributed by atoms with Gasteiger partial charge in [-0.3, -0.25) is 4.79 Å². The van der Waals surface area contributed by atoms with E-state index in [2.05, 4.69) is 11.9 Å². The topological polar surface area (TPSA) is 83.1 Å². The van der Waals surface area contributed by atoms with Crippen molar-refractivity contribution < 1.29 is 28.5 Å². The van der Waals surface area contributed by atoms with Gasteiger partial charge in [-0.2, -0.15) is 0 Å². The Labute approximate surface area is 168 Å². The summed E-state index contributed by atoms with van der Waals surface area (Å²) in [6, 6.07) is 12.6. The summed E-state index contributed by atoms with van der Waals surface area (Å²) < 4.78 is 20.9. The number of hydrogen-bond donors (Lipinski definition) is 1. The van der Waals surface area contributed by atoms with Crippen molar-refractivity contribution in [2.45, 2.75) is 6.54 Å². The summed E-state index contributed by atoms with van der Waals surface area (Å²) in [6.45, 7) is 4.15. The van der Waals surface area contributed by atoms with Crippen LogP contribution in [-0.2, 0) is 20.9 Å². The Kier molecular flexibility index (Phi) is 6.89. The molecular formula is C22H21NO6. The first-order valence-corrected chi connectivity index (χ1v) is 8.98. The van der Waals surface area contributed by atoms with E-state index in [1.165, 1.54) is 6.08 Å². The van der Waals surface area contributed by atoms with Crippen LogP contribution >= 0.6 is 0 Å². The summed E-state index contributed by atoms with van der Waals surface area (Å²) in [5.74, 6) is 1.04. The number of amides is 1. The molecule has 0 atom stereocenters. The molecule has 1 heterocycles. The average molecular weight is 395 g/mol. The molecule has 2 aromatic carbocycles. The van der Waals surface area contributed by atoms with Crippen molar-refractivity contribution in [2.24, 2.45) is 0 Å². The fourth-order valence-corrected chi connectivity index (χ4v) is 2.48. The van der Waals surface area contributed by atoms with E-state index in [-0.39, 0.29) is 13.4 Å². The first kappa shape index (κ1) is 20.0. The van der Waals surface area contributed by atoms with Gasteiger partial charge in [0.2, 0.25) is 6.79 Å². The van der Waals surface area contributed by atoms with Gasteiger partial charge >= 0.3 is 5.97 Å². The monoisotopic (exact) mass is 395 g/mol. The lowest BCUT2D eigenvalue weighted by Crippen LogP contribution is -2.28. The first-order chi connectivity index (χ1) is 14.1. The Bertz CT molecular complexity index is 904. The van der Waals surface area contributed by atoms with Gasteiger partial charge < -0.3 is 24.3 Å². The molecule has 0 fully saturated rings. The van der Waals surface area contributed by atoms with E-state index in [4.69, 9.17) is 18.9 Å². The molecule has 1 amide bonds. The van der Waals surface area contributed by atoms with Crippen LogP contribution in [0.4, 0.5) is 0 Å². The lowest BCUT2D eigenvalue weighted by Gasteiger charge is -2.06. The van der Waals surface area contributed by atoms with Crippen LogP contribution in [0.25, 0.3) is 6.08 Å². The lowest BCUT2D eigenvalue weighted by atomic mass is 10.2. The molecule has 150 valence electrons. The van der Waals surface area contributed by atoms with Gasteiger partial charge in [0.15, 0.2) is 18.1 Å². The van der Waals surface area contributed by atoms with Crippen molar-refractivity contribution in [3.63, 3.8) is 0 Å². The molecular weight excluding hydrogens is 374 g/mol. The van der Waals surface area contributed by atoms with Gasteiger partial charge in [-0.1, -0.05) is 30.9 Å². The van der Waals surface area contributed by atoms with Crippen LogP contribution in [0.3, 0.4) is 0 Å². The fourth-order valence-electron chi connectivity index (χ4n) is 2.48. The Balaban J connectivity index is 1.38. The second-order valence-corrected chi connectivity index (χ2v) is 6.07. The quantitative estimate of drug-likeness (QED) is 0.399. The van der Waals surface area contributed by atoms with E-state index < -0.39 is 11.9 Å². The summed E-state index contributed by atoms with van der Waals surface area (Å²) in [6.07, 6.45) is 4.53. The molecule has 1 N–H and O–H groups in total. The number of carbonyl (C=O) groups excluding carboxylic acids is 2. The van der Waals surface area contributed by atoms with Gasteiger partial charge in [0.25, 0.3) is 5.91 Å². The molecule has 0 bridgehead atoms. The van der Waals surface area contributed by atoms with Gasteiger partial charge in [-0.15, -0.1) is 0 Å². The number of esters is 1. The largest absolute Gasteiger partial charge is 0.490 e. The number of nitrogens with one attached hydrogen (secondary N) is 1. The maximum atomic E-state index is 11.9. The van der Waals surface area contributed by atoms with Crippen LogP contribution in [0.2, 0.25) is 0 Å². The predicted octanol–water partition coefficient (Wildman–Crippen LogP) is 2.85. The summed E-state index contributed by atoms with van der Waals surface area (Å²) in [7, 11) is 0. The van der Waals surface area contributed by atoms with Crippen LogP contribution in [-0.4, -0.2) is 31.9 Å². The maximum absolute atomic E-state index is 11.9. The highest BCUT2D eigenvalue weighted by Gasteiger charge is 2.13. The molecule has 0 aliphatic carbocycles. The van der Waals surface area contributed by atoms with Crippen molar-refractivity contribution in [3.8, 4) is 17.2 Å². The number of rotatable bonds is 9. The summed E-state index contributed by atoms with van der Waals surface area (Å²) in [5.41, 5.74) is 1.66. The minimum atomic E-state index is -0.602. The van der Waals surface area contributed by atoms with Gasteiger partial charge in [0, 0.05) is 12.6 Å². The predicted molar refractivity (Wildman–Crippen MR) is 107 cm³/mol. The minimum absolute atomic E-state index is 0.196. The number of benzene rings is 2. The lowest BCUT2D eigenvalue weighted by molar-refractivity contribution is -0.143. The Morgan fingerprint density at radius 1 is 1.10 bits per heavy atom. The normalized spacial score (nSPS) is 11.9. The first-order valence-electron chi connectivity index (χ1n) is 8.98. The van der Waals surface area contributed by atoms with Crippen LogP contribution in [0.5, 0.6) is 17.2 Å². The molecule has 7 heteroatoms. The maximum Gasteiger partial charge on any atom is 0.331 e. The molecule has 1 aliphatic heterocycles. The van der Waals surface area contributed by atoms with Crippen LogP contribution in [0.15, 0.2) is 61.2 Å². The third kappa shape index (κ3) is 6.14. The van der Waals surface area contributed by atoms with Crippen molar-refractivity contribution in [2.75, 3.05) is 20.0 Å². The molecule has 0 saturated heterocycles. The number of hydrogen-bond acceptors (Lipinski definition) is 6. The summed E-state index contributed by atoms with van der Waals surface area (Å²) in [5, 5.41) is 2.68. The summed E-state index contributed by atoms with van der Waals surface area (Å²) in [4.78, 5) is 23.6. The fraction of sp³-hybridized carbons (Fsp3) is 0.182. The zero-order valence-corrected chi connectivity index (χ0v) is 15.8. The van der Waals surface area contributed by atoms with Gasteiger partial charge in [-0.25, -0.2) is 4.79 Å². The molecule has 0 spiro atoms.